The van der Waals surface area contributed by atoms with Gasteiger partial charge in [0.05, 0.1) is 34.5 Å². The Balaban J connectivity index is 1.08. The van der Waals surface area contributed by atoms with Gasteiger partial charge in [0.2, 0.25) is 11.8 Å². The zero-order chi connectivity index (χ0) is 44.3. The van der Waals surface area contributed by atoms with Crippen LogP contribution in [0.4, 0.5) is 15.8 Å². The number of nitrogens with zero attached hydrogens (tertiary/aromatic N) is 2. The lowest BCUT2D eigenvalue weighted by molar-refractivity contribution is -0.138. The Labute approximate surface area is 372 Å². The second-order valence-electron chi connectivity index (χ2n) is 16.6. The van der Waals surface area contributed by atoms with Crippen molar-refractivity contribution in [3.63, 3.8) is 0 Å². The first kappa shape index (κ1) is 40.7. The molecule has 318 valence electrons. The molecule has 4 amide bonds. The number of hydrogen-bond acceptors (Lipinski definition) is 8. The number of imide groups is 2. The van der Waals surface area contributed by atoms with Crippen molar-refractivity contribution < 1.29 is 38.2 Å². The molecule has 2 N–H and O–H groups in total. The molecule has 1 saturated carbocycles. The largest absolute Gasteiger partial charge is 0.508 e. The molecule has 2 saturated heterocycles. The Hall–Kier alpha value is -7.37. The Morgan fingerprint density at radius 1 is 0.766 bits per heavy atom. The summed E-state index contributed by atoms with van der Waals surface area (Å²) in [6, 6.07) is 41.5. The first-order valence-corrected chi connectivity index (χ1v) is 21.4. The normalized spacial score (nSPS) is 23.6. The molecular weight excluding hydrogens is 833 g/mol. The SMILES string of the molecule is O=C(c1ccccc1)c1ccc(N2C(=O)C3CC=C4C(CC5C(=O)N(Nc6ccc(F)cc6)C(=O)C5(c5ccc(Cl)cc5)C4c4ccc(OCc5ccccc5)cc4O)C3C2=O)cc1. The molecule has 0 radical (unpaired) electrons. The predicted octanol–water partition coefficient (Wildman–Crippen LogP) is 9.18. The van der Waals surface area contributed by atoms with Crippen molar-refractivity contribution in [3.8, 4) is 11.5 Å². The number of allylic oxidation sites excluding steroid dienone is 2. The molecule has 6 atom stereocenters. The Bertz CT molecular complexity index is 2870. The molecule has 4 aliphatic rings. The van der Waals surface area contributed by atoms with Crippen molar-refractivity contribution in [2.75, 3.05) is 10.3 Å². The fourth-order valence-electron chi connectivity index (χ4n) is 10.4. The van der Waals surface area contributed by atoms with Crippen LogP contribution in [0.15, 0.2) is 163 Å². The highest BCUT2D eigenvalue weighted by Crippen LogP contribution is 2.65. The number of amides is 4. The number of phenols is 1. The van der Waals surface area contributed by atoms with Gasteiger partial charge < -0.3 is 9.84 Å². The molecule has 6 unspecified atom stereocenters. The number of rotatable bonds is 10. The first-order valence-electron chi connectivity index (χ1n) is 21.0. The van der Waals surface area contributed by atoms with E-state index in [-0.39, 0.29) is 36.7 Å². The van der Waals surface area contributed by atoms with E-state index in [1.165, 1.54) is 35.2 Å². The second kappa shape index (κ2) is 16.1. The number of phenolic OH excluding ortho intramolecular Hbond substituents is 1. The Kier molecular flexibility index (Phi) is 10.2. The fourth-order valence-corrected chi connectivity index (χ4v) is 10.5. The van der Waals surface area contributed by atoms with Gasteiger partial charge in [-0.15, -0.1) is 0 Å². The first-order chi connectivity index (χ1) is 31.0. The van der Waals surface area contributed by atoms with Gasteiger partial charge in [0, 0.05) is 33.7 Å². The van der Waals surface area contributed by atoms with Gasteiger partial charge in [-0.25, -0.2) is 4.39 Å². The maximum Gasteiger partial charge on any atom is 0.260 e. The summed E-state index contributed by atoms with van der Waals surface area (Å²) in [6.07, 6.45) is 2.06. The smallest absolute Gasteiger partial charge is 0.260 e. The van der Waals surface area contributed by atoms with Gasteiger partial charge in [-0.05, 0) is 96.6 Å². The van der Waals surface area contributed by atoms with Gasteiger partial charge in [0.15, 0.2) is 5.78 Å². The molecule has 3 fully saturated rings. The van der Waals surface area contributed by atoms with E-state index in [0.29, 0.717) is 44.3 Å². The van der Waals surface area contributed by atoms with E-state index in [4.69, 9.17) is 16.3 Å². The van der Waals surface area contributed by atoms with Crippen molar-refractivity contribution in [3.05, 3.63) is 202 Å². The average Bonchev–Trinajstić information content (AvgIpc) is 3.70. The van der Waals surface area contributed by atoms with Crippen molar-refractivity contribution in [2.24, 2.45) is 23.7 Å². The quantitative estimate of drug-likeness (QED) is 0.0792. The van der Waals surface area contributed by atoms with E-state index in [2.05, 4.69) is 5.43 Å². The molecule has 6 aromatic rings. The van der Waals surface area contributed by atoms with E-state index >= 15 is 9.59 Å². The van der Waals surface area contributed by atoms with Crippen LogP contribution in [0.1, 0.15) is 51.4 Å². The molecular formula is C52H39ClFN3O7. The van der Waals surface area contributed by atoms with Crippen LogP contribution >= 0.6 is 11.6 Å². The molecule has 0 aromatic heterocycles. The lowest BCUT2D eigenvalue weighted by Crippen LogP contribution is -2.53. The predicted molar refractivity (Wildman–Crippen MR) is 237 cm³/mol. The third-order valence-electron chi connectivity index (χ3n) is 13.2. The standard InChI is InChI=1S/C52H39ClFN3O7/c53-34-15-13-33(14-16-34)52-43(49(61)57(51(52)63)55-36-19-17-35(54)18-20-36)28-42-39(46(52)40-24-23-38(27-44(40)58)64-29-30-7-3-1-4-8-30)25-26-41-45(42)50(62)56(48(41)60)37-21-11-32(12-22-37)47(59)31-9-5-2-6-10-31/h1-25,27,41-43,45-46,55,58H,26,28-29H2. The lowest BCUT2D eigenvalue weighted by atomic mass is 9.49. The number of fused-ring (bicyclic) bond motifs is 4. The summed E-state index contributed by atoms with van der Waals surface area (Å²) >= 11 is 6.43. The highest BCUT2D eigenvalue weighted by molar-refractivity contribution is 6.30. The second-order valence-corrected chi connectivity index (χ2v) is 17.1. The molecule has 64 heavy (non-hydrogen) atoms. The molecule has 2 aliphatic carbocycles. The number of nitrogens with one attached hydrogen (secondary N) is 1. The number of anilines is 2. The van der Waals surface area contributed by atoms with Crippen LogP contribution in [0.5, 0.6) is 11.5 Å². The maximum absolute atomic E-state index is 15.5. The fraction of sp³-hybridized carbons (Fsp3) is 0.173. The summed E-state index contributed by atoms with van der Waals surface area (Å²) < 4.78 is 20.1. The van der Waals surface area contributed by atoms with Gasteiger partial charge in [0.25, 0.3) is 11.8 Å². The molecule has 10 nitrogen and oxygen atoms in total. The summed E-state index contributed by atoms with van der Waals surface area (Å²) in [4.78, 5) is 74.2. The Morgan fingerprint density at radius 3 is 2.12 bits per heavy atom. The van der Waals surface area contributed by atoms with Gasteiger partial charge in [-0.1, -0.05) is 102 Å². The van der Waals surface area contributed by atoms with Crippen LogP contribution in [0, 0.1) is 29.5 Å². The van der Waals surface area contributed by atoms with Gasteiger partial charge in [-0.3, -0.25) is 34.3 Å². The van der Waals surface area contributed by atoms with Gasteiger partial charge >= 0.3 is 0 Å². The minimum absolute atomic E-state index is 0.00864. The number of carbonyl (C=O) groups is 5. The average molecular weight is 872 g/mol. The third kappa shape index (κ3) is 6.66. The van der Waals surface area contributed by atoms with E-state index in [9.17, 15) is 23.9 Å². The Morgan fingerprint density at radius 2 is 1.44 bits per heavy atom. The summed E-state index contributed by atoms with van der Waals surface area (Å²) in [6.45, 7) is 0.228. The van der Waals surface area contributed by atoms with Crippen LogP contribution in [0.3, 0.4) is 0 Å². The highest BCUT2D eigenvalue weighted by Gasteiger charge is 2.70. The van der Waals surface area contributed by atoms with E-state index in [1.54, 1.807) is 84.9 Å². The topological polar surface area (TPSA) is 133 Å². The number of carbonyl (C=O) groups excluding carboxylic acids is 5. The molecule has 0 bridgehead atoms. The van der Waals surface area contributed by atoms with E-state index in [1.807, 2.05) is 42.5 Å². The van der Waals surface area contributed by atoms with Crippen LogP contribution in [0.25, 0.3) is 0 Å². The van der Waals surface area contributed by atoms with Crippen molar-refractivity contribution in [1.29, 1.82) is 0 Å². The monoisotopic (exact) mass is 871 g/mol. The zero-order valence-electron chi connectivity index (χ0n) is 34.1. The number of halogens is 2. The number of ketones is 1. The molecule has 2 heterocycles. The van der Waals surface area contributed by atoms with Gasteiger partial charge in [-0.2, -0.15) is 5.01 Å². The number of benzene rings is 6. The third-order valence-corrected chi connectivity index (χ3v) is 13.5. The summed E-state index contributed by atoms with van der Waals surface area (Å²) in [5.41, 5.74) is 5.06. The maximum atomic E-state index is 15.5. The minimum Gasteiger partial charge on any atom is -0.508 e. The molecule has 12 heteroatoms. The minimum atomic E-state index is -1.69. The zero-order valence-corrected chi connectivity index (χ0v) is 34.8. The van der Waals surface area contributed by atoms with Crippen LogP contribution in [-0.2, 0) is 31.2 Å². The molecule has 10 rings (SSSR count). The van der Waals surface area contributed by atoms with Crippen molar-refractivity contribution >= 4 is 52.4 Å². The van der Waals surface area contributed by atoms with E-state index < -0.39 is 64.5 Å². The summed E-state index contributed by atoms with van der Waals surface area (Å²) in [5.74, 6) is -7.18. The highest BCUT2D eigenvalue weighted by atomic mass is 35.5. The number of aromatic hydroxyl groups is 1. The number of hydrogen-bond donors (Lipinski definition) is 2. The van der Waals surface area contributed by atoms with Crippen molar-refractivity contribution in [1.82, 2.24) is 5.01 Å². The number of hydrazine groups is 1. The van der Waals surface area contributed by atoms with Crippen LogP contribution in [-0.4, -0.2) is 39.5 Å². The van der Waals surface area contributed by atoms with Crippen LogP contribution < -0.4 is 15.1 Å². The van der Waals surface area contributed by atoms with E-state index in [0.717, 1.165) is 10.6 Å². The molecule has 6 aromatic carbocycles. The summed E-state index contributed by atoms with van der Waals surface area (Å²) in [7, 11) is 0. The van der Waals surface area contributed by atoms with Gasteiger partial charge in [0.1, 0.15) is 23.9 Å². The summed E-state index contributed by atoms with van der Waals surface area (Å²) in [5, 5.41) is 13.5. The number of ether oxygens (including phenoxy) is 1. The molecule has 2 aliphatic heterocycles. The van der Waals surface area contributed by atoms with Crippen molar-refractivity contribution in [2.45, 2.75) is 30.8 Å². The van der Waals surface area contributed by atoms with Crippen LogP contribution in [0.2, 0.25) is 5.02 Å². The lowest BCUT2D eigenvalue weighted by Gasteiger charge is -2.50. The molecule has 0 spiro atoms.